The maximum Gasteiger partial charge on any atom is 0.269 e. The topological polar surface area (TPSA) is 137 Å². The van der Waals surface area contributed by atoms with Crippen LogP contribution in [0, 0.1) is 17.0 Å². The number of H-pyrrole nitrogens is 1. The van der Waals surface area contributed by atoms with Gasteiger partial charge in [0, 0.05) is 53.1 Å². The third-order valence-electron chi connectivity index (χ3n) is 5.65. The van der Waals surface area contributed by atoms with Crippen LogP contribution in [0.4, 0.5) is 29.2 Å². The number of rotatable bonds is 7. The lowest BCUT2D eigenvalue weighted by Crippen LogP contribution is -2.21. The van der Waals surface area contributed by atoms with E-state index in [1.807, 2.05) is 31.2 Å². The summed E-state index contributed by atoms with van der Waals surface area (Å²) in [5.74, 6) is 1.18. The SMILES string of the molecule is Cc1[nH]c2ccccc2c1C=NNc1nc(Nc2ccc([N+](=O)[O-])cc2)nc(N2CCCC2)n1. The number of hydrogen-bond acceptors (Lipinski definition) is 9. The van der Waals surface area contributed by atoms with Crippen LogP contribution in [0.5, 0.6) is 0 Å². The van der Waals surface area contributed by atoms with Crippen LogP contribution in [-0.2, 0) is 0 Å². The van der Waals surface area contributed by atoms with Gasteiger partial charge in [-0.1, -0.05) is 18.2 Å². The second kappa shape index (κ2) is 9.14. The van der Waals surface area contributed by atoms with E-state index in [-0.39, 0.29) is 5.69 Å². The Labute approximate surface area is 195 Å². The van der Waals surface area contributed by atoms with E-state index in [4.69, 9.17) is 0 Å². The van der Waals surface area contributed by atoms with Crippen LogP contribution in [0.1, 0.15) is 24.1 Å². The van der Waals surface area contributed by atoms with Crippen LogP contribution in [0.15, 0.2) is 53.6 Å². The fourth-order valence-electron chi connectivity index (χ4n) is 3.94. The lowest BCUT2D eigenvalue weighted by Gasteiger charge is -2.16. The van der Waals surface area contributed by atoms with E-state index in [2.05, 4.69) is 40.7 Å². The van der Waals surface area contributed by atoms with E-state index >= 15 is 0 Å². The molecule has 2 aromatic carbocycles. The number of nitrogens with one attached hydrogen (secondary N) is 3. The van der Waals surface area contributed by atoms with Crippen molar-refractivity contribution in [2.75, 3.05) is 28.7 Å². The van der Waals surface area contributed by atoms with Gasteiger partial charge in [-0.05, 0) is 38.0 Å². The van der Waals surface area contributed by atoms with Crippen LogP contribution < -0.4 is 15.6 Å². The molecule has 2 aromatic heterocycles. The zero-order valence-corrected chi connectivity index (χ0v) is 18.5. The summed E-state index contributed by atoms with van der Waals surface area (Å²) < 4.78 is 0. The molecule has 0 bridgehead atoms. The third kappa shape index (κ3) is 4.49. The fourth-order valence-corrected chi connectivity index (χ4v) is 3.94. The molecule has 0 spiro atoms. The summed E-state index contributed by atoms with van der Waals surface area (Å²) in [5.41, 5.74) is 6.63. The lowest BCUT2D eigenvalue weighted by molar-refractivity contribution is -0.384. The molecule has 11 heteroatoms. The highest BCUT2D eigenvalue weighted by atomic mass is 16.6. The number of nitro benzene ring substituents is 1. The second-order valence-corrected chi connectivity index (χ2v) is 7.99. The molecule has 0 radical (unpaired) electrons. The minimum atomic E-state index is -0.437. The summed E-state index contributed by atoms with van der Waals surface area (Å²) in [7, 11) is 0. The minimum Gasteiger partial charge on any atom is -0.358 e. The molecule has 0 aliphatic carbocycles. The molecular formula is C23H23N9O2. The van der Waals surface area contributed by atoms with Crippen molar-refractivity contribution >= 4 is 46.3 Å². The minimum absolute atomic E-state index is 0.0169. The zero-order chi connectivity index (χ0) is 23.5. The predicted molar refractivity (Wildman–Crippen MR) is 132 cm³/mol. The number of non-ortho nitro benzene ring substituents is 1. The summed E-state index contributed by atoms with van der Waals surface area (Å²) in [5, 5.41) is 19.5. The van der Waals surface area contributed by atoms with Crippen LogP contribution in [-0.4, -0.2) is 44.2 Å². The van der Waals surface area contributed by atoms with Crippen molar-refractivity contribution in [1.29, 1.82) is 0 Å². The van der Waals surface area contributed by atoms with E-state index < -0.39 is 4.92 Å². The number of hydrogen-bond donors (Lipinski definition) is 3. The van der Waals surface area contributed by atoms with Gasteiger partial charge in [0.1, 0.15) is 0 Å². The smallest absolute Gasteiger partial charge is 0.269 e. The van der Waals surface area contributed by atoms with Gasteiger partial charge in [-0.25, -0.2) is 5.43 Å². The standard InChI is InChI=1S/C23H23N9O2/c1-15-19(18-6-2-3-7-20(18)25-15)14-24-30-22-27-21(28-23(29-22)31-12-4-5-13-31)26-16-8-10-17(11-9-16)32(33)34/h2-3,6-11,14,25H,4-5,12-13H2,1H3,(H2,26,27,28,29,30). The Morgan fingerprint density at radius 3 is 2.56 bits per heavy atom. The van der Waals surface area contributed by atoms with Gasteiger partial charge in [-0.2, -0.15) is 20.1 Å². The van der Waals surface area contributed by atoms with Crippen LogP contribution in [0.2, 0.25) is 0 Å². The average Bonchev–Trinajstić information content (AvgIpc) is 3.48. The summed E-state index contributed by atoms with van der Waals surface area (Å²) in [6.07, 6.45) is 3.91. The molecule has 34 heavy (non-hydrogen) atoms. The number of aryl methyl sites for hydroxylation is 1. The Bertz CT molecular complexity index is 1360. The Balaban J connectivity index is 1.40. The number of nitrogens with zero attached hydrogens (tertiary/aromatic N) is 6. The number of hydrazone groups is 1. The van der Waals surface area contributed by atoms with E-state index in [0.29, 0.717) is 23.5 Å². The van der Waals surface area contributed by atoms with Gasteiger partial charge in [-0.15, -0.1) is 0 Å². The van der Waals surface area contributed by atoms with Gasteiger partial charge in [0.15, 0.2) is 0 Å². The lowest BCUT2D eigenvalue weighted by atomic mass is 10.1. The van der Waals surface area contributed by atoms with E-state index in [9.17, 15) is 10.1 Å². The first-order valence-electron chi connectivity index (χ1n) is 11.0. The van der Waals surface area contributed by atoms with Crippen LogP contribution >= 0.6 is 0 Å². The van der Waals surface area contributed by atoms with Gasteiger partial charge in [0.25, 0.3) is 5.69 Å². The first-order valence-corrected chi connectivity index (χ1v) is 11.0. The molecular weight excluding hydrogens is 434 g/mol. The maximum absolute atomic E-state index is 10.9. The molecule has 3 heterocycles. The van der Waals surface area contributed by atoms with Crippen molar-refractivity contribution < 1.29 is 4.92 Å². The summed E-state index contributed by atoms with van der Waals surface area (Å²) in [4.78, 5) is 29.4. The first kappa shape index (κ1) is 21.3. The van der Waals surface area contributed by atoms with Crippen molar-refractivity contribution in [2.24, 2.45) is 5.10 Å². The molecule has 5 rings (SSSR count). The zero-order valence-electron chi connectivity index (χ0n) is 18.5. The van der Waals surface area contributed by atoms with E-state index in [0.717, 1.165) is 48.1 Å². The van der Waals surface area contributed by atoms with Gasteiger partial charge < -0.3 is 15.2 Å². The monoisotopic (exact) mass is 457 g/mol. The van der Waals surface area contributed by atoms with Crippen LogP contribution in [0.25, 0.3) is 10.9 Å². The molecule has 1 fully saturated rings. The summed E-state index contributed by atoms with van der Waals surface area (Å²) >= 11 is 0. The van der Waals surface area contributed by atoms with Gasteiger partial charge in [0.2, 0.25) is 17.8 Å². The Morgan fingerprint density at radius 2 is 1.79 bits per heavy atom. The average molecular weight is 457 g/mol. The molecule has 3 N–H and O–H groups in total. The fraction of sp³-hybridized carbons (Fsp3) is 0.217. The number of nitro groups is 1. The summed E-state index contributed by atoms with van der Waals surface area (Å²) in [6.45, 7) is 3.75. The molecule has 1 saturated heterocycles. The highest BCUT2D eigenvalue weighted by molar-refractivity contribution is 6.00. The maximum atomic E-state index is 10.9. The highest BCUT2D eigenvalue weighted by Gasteiger charge is 2.18. The largest absolute Gasteiger partial charge is 0.358 e. The number of aromatic nitrogens is 4. The Morgan fingerprint density at radius 1 is 1.06 bits per heavy atom. The van der Waals surface area contributed by atoms with Gasteiger partial charge in [0.05, 0.1) is 11.1 Å². The molecule has 0 saturated carbocycles. The van der Waals surface area contributed by atoms with Gasteiger partial charge >= 0.3 is 0 Å². The van der Waals surface area contributed by atoms with Crippen LogP contribution in [0.3, 0.4) is 0 Å². The van der Waals surface area contributed by atoms with Crippen molar-refractivity contribution in [1.82, 2.24) is 19.9 Å². The van der Waals surface area contributed by atoms with Crippen molar-refractivity contribution in [3.05, 3.63) is 69.9 Å². The number of fused-ring (bicyclic) bond motifs is 1. The molecule has 1 aliphatic heterocycles. The van der Waals surface area contributed by atoms with Crippen molar-refractivity contribution in [3.63, 3.8) is 0 Å². The Hall–Kier alpha value is -4.54. The number of benzene rings is 2. The molecule has 172 valence electrons. The molecule has 11 nitrogen and oxygen atoms in total. The van der Waals surface area contributed by atoms with E-state index in [1.54, 1.807) is 18.3 Å². The van der Waals surface area contributed by atoms with Crippen molar-refractivity contribution in [2.45, 2.75) is 19.8 Å². The second-order valence-electron chi connectivity index (χ2n) is 7.99. The quantitative estimate of drug-likeness (QED) is 0.211. The van der Waals surface area contributed by atoms with Gasteiger partial charge in [-0.3, -0.25) is 10.1 Å². The summed E-state index contributed by atoms with van der Waals surface area (Å²) in [6, 6.07) is 14.1. The number of para-hydroxylation sites is 1. The number of aromatic amines is 1. The predicted octanol–water partition coefficient (Wildman–Crippen LogP) is 4.36. The molecule has 0 unspecified atom stereocenters. The molecule has 0 atom stereocenters. The normalized spacial score (nSPS) is 13.6. The molecule has 1 aliphatic rings. The van der Waals surface area contributed by atoms with Crippen molar-refractivity contribution in [3.8, 4) is 0 Å². The number of anilines is 4. The molecule has 0 amide bonds. The first-order chi connectivity index (χ1) is 16.6. The highest BCUT2D eigenvalue weighted by Crippen LogP contribution is 2.23. The van der Waals surface area contributed by atoms with E-state index in [1.165, 1.54) is 12.1 Å². The Kier molecular flexibility index (Phi) is 5.73. The molecule has 4 aromatic rings. The third-order valence-corrected chi connectivity index (χ3v) is 5.65.